The molecule has 0 saturated heterocycles. The molecule has 0 atom stereocenters. The zero-order valence-electron chi connectivity index (χ0n) is 15.9. The van der Waals surface area contributed by atoms with Crippen LogP contribution in [0, 0.1) is 13.8 Å². The van der Waals surface area contributed by atoms with E-state index in [0.717, 1.165) is 27.3 Å². The molecule has 0 saturated carbocycles. The number of nitrogens with zero attached hydrogens (tertiary/aromatic N) is 3. The van der Waals surface area contributed by atoms with Crippen LogP contribution in [0.25, 0.3) is 10.2 Å². The number of carbonyl (C=O) groups is 2. The number of aryl methyl sites for hydroxylation is 2. The normalized spacial score (nSPS) is 11.4. The average Bonchev–Trinajstić information content (AvgIpc) is 2.96. The molecule has 0 fully saturated rings. The molecule has 3 aromatic heterocycles. The lowest BCUT2D eigenvalue weighted by molar-refractivity contribution is 0.0848. The van der Waals surface area contributed by atoms with E-state index in [1.165, 1.54) is 17.5 Å². The van der Waals surface area contributed by atoms with Crippen molar-refractivity contribution in [2.45, 2.75) is 40.0 Å². The Morgan fingerprint density at radius 3 is 2.41 bits per heavy atom. The zero-order valence-corrected chi connectivity index (χ0v) is 16.7. The molecule has 0 aromatic carbocycles. The van der Waals surface area contributed by atoms with Crippen molar-refractivity contribution in [1.82, 2.24) is 25.8 Å². The van der Waals surface area contributed by atoms with Crippen LogP contribution < -0.4 is 10.9 Å². The summed E-state index contributed by atoms with van der Waals surface area (Å²) in [5.74, 6) is -0.0729. The summed E-state index contributed by atoms with van der Waals surface area (Å²) in [6, 6.07) is 3.27. The van der Waals surface area contributed by atoms with Gasteiger partial charge in [0.1, 0.15) is 10.7 Å². The van der Waals surface area contributed by atoms with Gasteiger partial charge < -0.3 is 0 Å². The van der Waals surface area contributed by atoms with E-state index < -0.39 is 5.91 Å². The van der Waals surface area contributed by atoms with Gasteiger partial charge in [0.05, 0.1) is 16.1 Å². The minimum atomic E-state index is -0.429. The smallest absolute Gasteiger partial charge is 0.267 e. The molecule has 0 radical (unpaired) electrons. The van der Waals surface area contributed by atoms with Gasteiger partial charge in [0.2, 0.25) is 0 Å². The van der Waals surface area contributed by atoms with Crippen molar-refractivity contribution < 1.29 is 9.59 Å². The second kappa shape index (κ2) is 7.03. The lowest BCUT2D eigenvalue weighted by atomic mass is 9.95. The van der Waals surface area contributed by atoms with E-state index in [0.29, 0.717) is 10.4 Å². The maximum atomic E-state index is 12.6. The third-order valence-corrected chi connectivity index (χ3v) is 5.25. The summed E-state index contributed by atoms with van der Waals surface area (Å²) in [5.41, 5.74) is 6.70. The Balaban J connectivity index is 1.86. The van der Waals surface area contributed by atoms with Gasteiger partial charge in [-0.15, -0.1) is 11.3 Å². The molecule has 8 heteroatoms. The number of amides is 2. The summed E-state index contributed by atoms with van der Waals surface area (Å²) in [4.78, 5) is 39.1. The first-order chi connectivity index (χ1) is 12.7. The van der Waals surface area contributed by atoms with Crippen molar-refractivity contribution in [2.75, 3.05) is 0 Å². The van der Waals surface area contributed by atoms with Crippen LogP contribution in [0.1, 0.15) is 57.9 Å². The molecule has 140 valence electrons. The molecular weight excluding hydrogens is 362 g/mol. The van der Waals surface area contributed by atoms with Gasteiger partial charge >= 0.3 is 0 Å². The number of rotatable bonds is 2. The second-order valence-electron chi connectivity index (χ2n) is 7.27. The Bertz CT molecular complexity index is 1020. The van der Waals surface area contributed by atoms with Crippen LogP contribution >= 0.6 is 11.3 Å². The molecule has 3 rings (SSSR count). The maximum absolute atomic E-state index is 12.6. The van der Waals surface area contributed by atoms with Gasteiger partial charge in [-0.2, -0.15) is 0 Å². The monoisotopic (exact) mass is 383 g/mol. The molecule has 0 aliphatic carbocycles. The Hall–Kier alpha value is -2.87. The first-order valence-electron chi connectivity index (χ1n) is 8.47. The van der Waals surface area contributed by atoms with Gasteiger partial charge in [0.25, 0.3) is 11.8 Å². The molecule has 3 aromatic rings. The van der Waals surface area contributed by atoms with Crippen LogP contribution in [0.4, 0.5) is 0 Å². The van der Waals surface area contributed by atoms with E-state index in [1.807, 2.05) is 13.8 Å². The molecule has 27 heavy (non-hydrogen) atoms. The van der Waals surface area contributed by atoms with Crippen LogP contribution in [-0.4, -0.2) is 26.8 Å². The fourth-order valence-corrected chi connectivity index (χ4v) is 3.76. The number of pyridine rings is 1. The average molecular weight is 383 g/mol. The largest absolute Gasteiger partial charge is 0.280 e. The maximum Gasteiger partial charge on any atom is 0.280 e. The fraction of sp³-hybridized carbons (Fsp3) is 0.316. The van der Waals surface area contributed by atoms with Crippen LogP contribution in [0.5, 0.6) is 0 Å². The molecular formula is C19H21N5O2S. The summed E-state index contributed by atoms with van der Waals surface area (Å²) >= 11 is 1.30. The van der Waals surface area contributed by atoms with Crippen molar-refractivity contribution in [1.29, 1.82) is 0 Å². The standard InChI is InChI=1S/C19H21N5O2S/c1-10-13-11(2)21-18(19(3,4)5)22-17(13)27-14(10)16(26)24-23-15(25)12-7-6-8-20-9-12/h6-9H,1-5H3,(H,23,25)(H,24,26). The highest BCUT2D eigenvalue weighted by atomic mass is 32.1. The van der Waals surface area contributed by atoms with E-state index in [1.54, 1.807) is 18.3 Å². The van der Waals surface area contributed by atoms with Crippen molar-refractivity contribution in [3.8, 4) is 0 Å². The number of fused-ring (bicyclic) bond motifs is 1. The summed E-state index contributed by atoms with van der Waals surface area (Å²) < 4.78 is 0. The van der Waals surface area contributed by atoms with Gasteiger partial charge in [0.15, 0.2) is 0 Å². The SMILES string of the molecule is Cc1nc(C(C)(C)C)nc2sc(C(=O)NNC(=O)c3cccnc3)c(C)c12. The molecule has 2 N–H and O–H groups in total. The number of hydrogen-bond acceptors (Lipinski definition) is 6. The highest BCUT2D eigenvalue weighted by Gasteiger charge is 2.23. The first-order valence-corrected chi connectivity index (χ1v) is 9.29. The molecule has 0 aliphatic heterocycles. The Kier molecular flexibility index (Phi) is 4.93. The van der Waals surface area contributed by atoms with E-state index in [4.69, 9.17) is 0 Å². The minimum Gasteiger partial charge on any atom is -0.267 e. The summed E-state index contributed by atoms with van der Waals surface area (Å²) in [6.07, 6.45) is 3.00. The number of hydrogen-bond donors (Lipinski definition) is 2. The molecule has 2 amide bonds. The molecule has 0 spiro atoms. The van der Waals surface area contributed by atoms with E-state index in [9.17, 15) is 9.59 Å². The number of aromatic nitrogens is 3. The van der Waals surface area contributed by atoms with Crippen molar-refractivity contribution >= 4 is 33.4 Å². The predicted molar refractivity (Wildman–Crippen MR) is 105 cm³/mol. The summed E-state index contributed by atoms with van der Waals surface area (Å²) in [6.45, 7) is 9.94. The van der Waals surface area contributed by atoms with Gasteiger partial charge in [0, 0.05) is 23.2 Å². The van der Waals surface area contributed by atoms with E-state index >= 15 is 0 Å². The lowest BCUT2D eigenvalue weighted by Crippen LogP contribution is -2.41. The molecule has 3 heterocycles. The van der Waals surface area contributed by atoms with Crippen LogP contribution in [0.2, 0.25) is 0 Å². The van der Waals surface area contributed by atoms with Crippen LogP contribution in [-0.2, 0) is 5.41 Å². The second-order valence-corrected chi connectivity index (χ2v) is 8.27. The number of carbonyl (C=O) groups excluding carboxylic acids is 2. The summed E-state index contributed by atoms with van der Waals surface area (Å²) in [5, 5.41) is 0.886. The molecule has 0 unspecified atom stereocenters. The van der Waals surface area contributed by atoms with Gasteiger partial charge in [-0.25, -0.2) is 9.97 Å². The molecule has 0 aliphatic rings. The minimum absolute atomic E-state index is 0.184. The third-order valence-electron chi connectivity index (χ3n) is 4.06. The zero-order chi connectivity index (χ0) is 19.8. The highest BCUT2D eigenvalue weighted by Crippen LogP contribution is 2.33. The summed E-state index contributed by atoms with van der Waals surface area (Å²) in [7, 11) is 0. The van der Waals surface area contributed by atoms with E-state index in [-0.39, 0.29) is 11.3 Å². The number of hydrazine groups is 1. The molecule has 7 nitrogen and oxygen atoms in total. The predicted octanol–water partition coefficient (Wildman–Crippen LogP) is 3.08. The van der Waals surface area contributed by atoms with Gasteiger partial charge in [-0.05, 0) is 31.5 Å². The Morgan fingerprint density at radius 2 is 1.78 bits per heavy atom. The number of nitrogens with one attached hydrogen (secondary N) is 2. The quantitative estimate of drug-likeness (QED) is 0.663. The lowest BCUT2D eigenvalue weighted by Gasteiger charge is -2.16. The van der Waals surface area contributed by atoms with Gasteiger partial charge in [-0.1, -0.05) is 20.8 Å². The van der Waals surface area contributed by atoms with Crippen LogP contribution in [0.15, 0.2) is 24.5 Å². The van der Waals surface area contributed by atoms with Crippen molar-refractivity contribution in [2.24, 2.45) is 0 Å². The Morgan fingerprint density at radius 1 is 1.07 bits per heavy atom. The highest BCUT2D eigenvalue weighted by molar-refractivity contribution is 7.20. The van der Waals surface area contributed by atoms with Crippen molar-refractivity contribution in [3.63, 3.8) is 0 Å². The first kappa shape index (κ1) is 18.9. The number of thiophene rings is 1. The van der Waals surface area contributed by atoms with Crippen molar-refractivity contribution in [3.05, 3.63) is 52.0 Å². The van der Waals surface area contributed by atoms with Crippen LogP contribution in [0.3, 0.4) is 0 Å². The van der Waals surface area contributed by atoms with E-state index in [2.05, 4.69) is 46.6 Å². The topological polar surface area (TPSA) is 96.9 Å². The third kappa shape index (κ3) is 3.80. The fourth-order valence-electron chi connectivity index (χ4n) is 2.63. The Labute approximate surface area is 161 Å². The molecule has 0 bridgehead atoms. The van der Waals surface area contributed by atoms with Gasteiger partial charge in [-0.3, -0.25) is 25.4 Å².